The number of esters is 1. The van der Waals surface area contributed by atoms with Crippen LogP contribution in [0, 0.1) is 13.8 Å². The lowest BCUT2D eigenvalue weighted by molar-refractivity contribution is -0.127. The summed E-state index contributed by atoms with van der Waals surface area (Å²) in [6.07, 6.45) is -0.519. The zero-order chi connectivity index (χ0) is 19.7. The second-order valence-corrected chi connectivity index (χ2v) is 6.82. The molecule has 0 bridgehead atoms. The van der Waals surface area contributed by atoms with Crippen molar-refractivity contribution in [2.45, 2.75) is 32.9 Å². The molecule has 0 fully saturated rings. The van der Waals surface area contributed by atoms with Crippen molar-refractivity contribution in [2.24, 2.45) is 0 Å². The van der Waals surface area contributed by atoms with Crippen LogP contribution in [0.15, 0.2) is 59.1 Å². The molecule has 6 nitrogen and oxygen atoms in total. The van der Waals surface area contributed by atoms with Crippen molar-refractivity contribution < 1.29 is 18.8 Å². The molecule has 1 atom stereocenters. The number of carbonyl (C=O) groups is 2. The van der Waals surface area contributed by atoms with Crippen LogP contribution in [-0.4, -0.2) is 23.1 Å². The summed E-state index contributed by atoms with van der Waals surface area (Å²) in [4.78, 5) is 27.4. The number of hydrogen-bond acceptors (Lipinski definition) is 5. The Balaban J connectivity index is 1.67. The van der Waals surface area contributed by atoms with Gasteiger partial charge < -0.3 is 14.2 Å². The van der Waals surface area contributed by atoms with Crippen LogP contribution in [0.25, 0.3) is 0 Å². The van der Waals surface area contributed by atoms with E-state index in [0.717, 1.165) is 22.5 Å². The third-order valence-electron chi connectivity index (χ3n) is 5.00. The molecule has 0 N–H and O–H groups in total. The molecular formula is C22H20N2O4. The van der Waals surface area contributed by atoms with E-state index in [4.69, 9.17) is 9.26 Å². The van der Waals surface area contributed by atoms with E-state index in [1.165, 1.54) is 0 Å². The number of anilines is 1. The van der Waals surface area contributed by atoms with Gasteiger partial charge in [-0.15, -0.1) is 0 Å². The molecule has 0 saturated carbocycles. The summed E-state index contributed by atoms with van der Waals surface area (Å²) in [7, 11) is 0. The Hall–Kier alpha value is -3.41. The largest absolute Gasteiger partial charge is 0.448 e. The Bertz CT molecular complexity index is 1010. The standard InChI is InChI=1S/C22H20N2O4/c1-14-19(15(2)28-23-14)13-24(17-9-4-3-5-10-17)21(25)20-12-16-8-6-7-11-18(16)22(26)27-20/h3-11,20H,12-13H2,1-2H3/t20-/m1/s1. The van der Waals surface area contributed by atoms with Gasteiger partial charge in [-0.2, -0.15) is 0 Å². The Kier molecular flexibility index (Phi) is 4.69. The summed E-state index contributed by atoms with van der Waals surface area (Å²) in [6, 6.07) is 16.6. The smallest absolute Gasteiger partial charge is 0.339 e. The first-order chi connectivity index (χ1) is 13.5. The number of fused-ring (bicyclic) bond motifs is 1. The van der Waals surface area contributed by atoms with Gasteiger partial charge in [-0.1, -0.05) is 41.6 Å². The van der Waals surface area contributed by atoms with Crippen LogP contribution in [0.1, 0.15) is 32.9 Å². The highest BCUT2D eigenvalue weighted by molar-refractivity contribution is 6.01. The average Bonchev–Trinajstić information content (AvgIpc) is 3.04. The normalized spacial score (nSPS) is 15.6. The minimum Gasteiger partial charge on any atom is -0.448 e. The highest BCUT2D eigenvalue weighted by Crippen LogP contribution is 2.26. The third-order valence-corrected chi connectivity index (χ3v) is 5.00. The van der Waals surface area contributed by atoms with Crippen molar-refractivity contribution in [3.8, 4) is 0 Å². The Morgan fingerprint density at radius 3 is 2.54 bits per heavy atom. The highest BCUT2D eigenvalue weighted by atomic mass is 16.5. The van der Waals surface area contributed by atoms with Crippen LogP contribution in [0.4, 0.5) is 5.69 Å². The topological polar surface area (TPSA) is 72.6 Å². The highest BCUT2D eigenvalue weighted by Gasteiger charge is 2.35. The Morgan fingerprint density at radius 2 is 1.82 bits per heavy atom. The fourth-order valence-corrected chi connectivity index (χ4v) is 3.43. The molecule has 0 saturated heterocycles. The van der Waals surface area contributed by atoms with Crippen molar-refractivity contribution in [3.63, 3.8) is 0 Å². The Morgan fingerprint density at radius 1 is 1.11 bits per heavy atom. The number of carbonyl (C=O) groups excluding carboxylic acids is 2. The molecule has 2 aromatic carbocycles. The summed E-state index contributed by atoms with van der Waals surface area (Å²) in [5.74, 6) is -0.0724. The predicted octanol–water partition coefficient (Wildman–Crippen LogP) is 3.61. The number of para-hydroxylation sites is 1. The van der Waals surface area contributed by atoms with Gasteiger partial charge in [-0.05, 0) is 37.6 Å². The van der Waals surface area contributed by atoms with Gasteiger partial charge in [-0.25, -0.2) is 4.79 Å². The maximum Gasteiger partial charge on any atom is 0.339 e. The SMILES string of the molecule is Cc1noc(C)c1CN(C(=O)[C@H]1Cc2ccccc2C(=O)O1)c1ccccc1. The van der Waals surface area contributed by atoms with Crippen LogP contribution >= 0.6 is 0 Å². The molecule has 0 unspecified atom stereocenters. The molecule has 142 valence electrons. The van der Waals surface area contributed by atoms with Gasteiger partial charge in [0.2, 0.25) is 0 Å². The second kappa shape index (κ2) is 7.31. The second-order valence-electron chi connectivity index (χ2n) is 6.82. The summed E-state index contributed by atoms with van der Waals surface area (Å²) in [5, 5.41) is 3.98. The molecular weight excluding hydrogens is 356 g/mol. The molecule has 3 aromatic rings. The van der Waals surface area contributed by atoms with E-state index >= 15 is 0 Å². The van der Waals surface area contributed by atoms with Gasteiger partial charge in [0.15, 0.2) is 6.10 Å². The minimum atomic E-state index is -0.872. The fourth-order valence-electron chi connectivity index (χ4n) is 3.43. The number of aromatic nitrogens is 1. The first-order valence-corrected chi connectivity index (χ1v) is 9.11. The van der Waals surface area contributed by atoms with Crippen molar-refractivity contribution in [2.75, 3.05) is 4.90 Å². The average molecular weight is 376 g/mol. The van der Waals surface area contributed by atoms with E-state index in [9.17, 15) is 9.59 Å². The number of nitrogens with zero attached hydrogens (tertiary/aromatic N) is 2. The lowest BCUT2D eigenvalue weighted by Gasteiger charge is -2.30. The molecule has 1 aliphatic heterocycles. The number of hydrogen-bond donors (Lipinski definition) is 0. The van der Waals surface area contributed by atoms with E-state index in [-0.39, 0.29) is 5.91 Å². The van der Waals surface area contributed by atoms with Crippen LogP contribution in [0.3, 0.4) is 0 Å². The lowest BCUT2D eigenvalue weighted by Crippen LogP contribution is -2.44. The van der Waals surface area contributed by atoms with E-state index in [1.807, 2.05) is 56.3 Å². The van der Waals surface area contributed by atoms with Gasteiger partial charge in [0, 0.05) is 17.7 Å². The van der Waals surface area contributed by atoms with E-state index in [2.05, 4.69) is 5.16 Å². The fraction of sp³-hybridized carbons (Fsp3) is 0.227. The van der Waals surface area contributed by atoms with Crippen LogP contribution in [0.5, 0.6) is 0 Å². The molecule has 28 heavy (non-hydrogen) atoms. The zero-order valence-corrected chi connectivity index (χ0v) is 15.7. The summed E-state index contributed by atoms with van der Waals surface area (Å²) in [6.45, 7) is 3.95. The van der Waals surface area contributed by atoms with E-state index in [0.29, 0.717) is 24.3 Å². The quantitative estimate of drug-likeness (QED) is 0.651. The number of amides is 1. The third kappa shape index (κ3) is 3.29. The van der Waals surface area contributed by atoms with Crippen LogP contribution in [-0.2, 0) is 22.5 Å². The van der Waals surface area contributed by atoms with Crippen LogP contribution in [0.2, 0.25) is 0 Å². The maximum absolute atomic E-state index is 13.4. The lowest BCUT2D eigenvalue weighted by atomic mass is 9.97. The summed E-state index contributed by atoms with van der Waals surface area (Å²) >= 11 is 0. The van der Waals surface area contributed by atoms with Gasteiger partial charge in [0.05, 0.1) is 17.8 Å². The molecule has 6 heteroatoms. The number of rotatable bonds is 4. The molecule has 0 aliphatic carbocycles. The van der Waals surface area contributed by atoms with Gasteiger partial charge in [0.1, 0.15) is 5.76 Å². The molecule has 2 heterocycles. The molecule has 0 spiro atoms. The monoisotopic (exact) mass is 376 g/mol. The molecule has 4 rings (SSSR count). The van der Waals surface area contributed by atoms with Crippen molar-refractivity contribution in [3.05, 3.63) is 82.7 Å². The van der Waals surface area contributed by atoms with Gasteiger partial charge >= 0.3 is 5.97 Å². The number of benzene rings is 2. The molecule has 1 aliphatic rings. The van der Waals surface area contributed by atoms with Crippen molar-refractivity contribution >= 4 is 17.6 Å². The predicted molar refractivity (Wildman–Crippen MR) is 103 cm³/mol. The summed E-state index contributed by atoms with van der Waals surface area (Å²) in [5.41, 5.74) is 3.64. The number of ether oxygens (including phenoxy) is 1. The van der Waals surface area contributed by atoms with Crippen LogP contribution < -0.4 is 4.90 Å². The van der Waals surface area contributed by atoms with E-state index < -0.39 is 12.1 Å². The van der Waals surface area contributed by atoms with Gasteiger partial charge in [0.25, 0.3) is 5.91 Å². The molecule has 1 amide bonds. The summed E-state index contributed by atoms with van der Waals surface area (Å²) < 4.78 is 10.7. The Labute approximate surface area is 162 Å². The first kappa shape index (κ1) is 18.0. The molecule has 1 aromatic heterocycles. The zero-order valence-electron chi connectivity index (χ0n) is 15.7. The number of aryl methyl sites for hydroxylation is 2. The van der Waals surface area contributed by atoms with Gasteiger partial charge in [-0.3, -0.25) is 4.79 Å². The van der Waals surface area contributed by atoms with Crippen molar-refractivity contribution in [1.29, 1.82) is 0 Å². The minimum absolute atomic E-state index is 0.269. The molecule has 0 radical (unpaired) electrons. The van der Waals surface area contributed by atoms with Crippen molar-refractivity contribution in [1.82, 2.24) is 5.16 Å². The number of cyclic esters (lactones) is 1. The first-order valence-electron chi connectivity index (χ1n) is 9.11. The maximum atomic E-state index is 13.4. The van der Waals surface area contributed by atoms with E-state index in [1.54, 1.807) is 17.0 Å².